The Morgan fingerprint density at radius 2 is 1.94 bits per heavy atom. The van der Waals surface area contributed by atoms with Gasteiger partial charge in [-0.25, -0.2) is 0 Å². The van der Waals surface area contributed by atoms with Crippen LogP contribution in [0, 0.1) is 0 Å². The third kappa shape index (κ3) is 5.09. The zero-order chi connectivity index (χ0) is 13.5. The predicted molar refractivity (Wildman–Crippen MR) is 63.5 cm³/mol. The maximum Gasteiger partial charge on any atom is 0.387 e. The highest BCUT2D eigenvalue weighted by Gasteiger charge is 2.05. The monoisotopic (exact) mass is 258 g/mol. The molecule has 0 fully saturated rings. The number of likely N-dealkylation sites (N-methyl/N-ethyl adjacent to an activating group) is 1. The fourth-order valence-electron chi connectivity index (χ4n) is 1.26. The number of carbonyl (C=O) groups excluding carboxylic acids is 1. The predicted octanol–water partition coefficient (Wildman–Crippen LogP) is 1.47. The average Bonchev–Trinajstić information content (AvgIpc) is 2.30. The summed E-state index contributed by atoms with van der Waals surface area (Å²) in [5.41, 5.74) is 0.892. The van der Waals surface area contributed by atoms with E-state index in [2.05, 4.69) is 10.1 Å². The lowest BCUT2D eigenvalue weighted by Crippen LogP contribution is -2.32. The van der Waals surface area contributed by atoms with E-state index >= 15 is 0 Å². The maximum atomic E-state index is 11.9. The normalized spacial score (nSPS) is 10.5. The number of nitrogens with one attached hydrogen (secondary N) is 1. The summed E-state index contributed by atoms with van der Waals surface area (Å²) >= 11 is 0. The second-order valence-electron chi connectivity index (χ2n) is 3.91. The number of carbonyl (C=O) groups is 1. The Balaban J connectivity index is 2.37. The van der Waals surface area contributed by atoms with E-state index in [-0.39, 0.29) is 18.2 Å². The standard InChI is InChI=1S/C12H16F2N2O2/c1-16(2)11(17)8-15-7-9-3-5-10(6-4-9)18-12(13)14/h3-6,12,15H,7-8H2,1-2H3. The van der Waals surface area contributed by atoms with Gasteiger partial charge in [0.15, 0.2) is 0 Å². The topological polar surface area (TPSA) is 41.6 Å². The molecule has 0 radical (unpaired) electrons. The lowest BCUT2D eigenvalue weighted by atomic mass is 10.2. The van der Waals surface area contributed by atoms with E-state index in [1.807, 2.05) is 0 Å². The van der Waals surface area contributed by atoms with Crippen molar-refractivity contribution in [2.45, 2.75) is 13.2 Å². The van der Waals surface area contributed by atoms with Gasteiger partial charge in [-0.15, -0.1) is 0 Å². The Kier molecular flexibility index (Phi) is 5.51. The quantitative estimate of drug-likeness (QED) is 0.840. The van der Waals surface area contributed by atoms with Crippen LogP contribution in [0.25, 0.3) is 0 Å². The minimum Gasteiger partial charge on any atom is -0.435 e. The summed E-state index contributed by atoms with van der Waals surface area (Å²) in [6, 6.07) is 6.28. The molecule has 0 saturated heterocycles. The first kappa shape index (κ1) is 14.4. The molecule has 18 heavy (non-hydrogen) atoms. The fraction of sp³-hybridized carbons (Fsp3) is 0.417. The number of benzene rings is 1. The van der Waals surface area contributed by atoms with Gasteiger partial charge in [-0.1, -0.05) is 12.1 Å². The lowest BCUT2D eigenvalue weighted by Gasteiger charge is -2.11. The number of hydrogen-bond donors (Lipinski definition) is 1. The van der Waals surface area contributed by atoms with Crippen molar-refractivity contribution in [2.75, 3.05) is 20.6 Å². The molecule has 4 nitrogen and oxygen atoms in total. The molecule has 0 aliphatic carbocycles. The molecule has 1 aromatic carbocycles. The van der Waals surface area contributed by atoms with Gasteiger partial charge in [0.1, 0.15) is 5.75 Å². The van der Waals surface area contributed by atoms with Crippen LogP contribution in [0.1, 0.15) is 5.56 Å². The maximum absolute atomic E-state index is 11.9. The molecule has 1 N–H and O–H groups in total. The molecule has 6 heteroatoms. The molecular weight excluding hydrogens is 242 g/mol. The molecule has 1 rings (SSSR count). The molecule has 1 aromatic rings. The average molecular weight is 258 g/mol. The molecule has 0 aromatic heterocycles. The zero-order valence-corrected chi connectivity index (χ0v) is 10.3. The first-order valence-electron chi connectivity index (χ1n) is 5.43. The van der Waals surface area contributed by atoms with Gasteiger partial charge in [0.25, 0.3) is 0 Å². The van der Waals surface area contributed by atoms with Crippen LogP contribution < -0.4 is 10.1 Å². The molecule has 0 atom stereocenters. The van der Waals surface area contributed by atoms with Crippen molar-refractivity contribution in [1.29, 1.82) is 0 Å². The summed E-state index contributed by atoms with van der Waals surface area (Å²) < 4.78 is 28.1. The Morgan fingerprint density at radius 3 is 2.44 bits per heavy atom. The fourth-order valence-corrected chi connectivity index (χ4v) is 1.26. The van der Waals surface area contributed by atoms with Crippen LogP contribution in [0.15, 0.2) is 24.3 Å². The third-order valence-electron chi connectivity index (χ3n) is 2.25. The number of amides is 1. The van der Waals surface area contributed by atoms with Crippen LogP contribution in [0.2, 0.25) is 0 Å². The van der Waals surface area contributed by atoms with Gasteiger partial charge in [-0.3, -0.25) is 4.79 Å². The van der Waals surface area contributed by atoms with Gasteiger partial charge in [-0.05, 0) is 17.7 Å². The van der Waals surface area contributed by atoms with Crippen molar-refractivity contribution < 1.29 is 18.3 Å². The van der Waals surface area contributed by atoms with E-state index in [0.717, 1.165) is 5.56 Å². The van der Waals surface area contributed by atoms with Crippen molar-refractivity contribution in [3.63, 3.8) is 0 Å². The molecule has 0 saturated carbocycles. The van der Waals surface area contributed by atoms with Crippen LogP contribution in [0.3, 0.4) is 0 Å². The third-order valence-corrected chi connectivity index (χ3v) is 2.25. The van der Waals surface area contributed by atoms with Crippen molar-refractivity contribution in [1.82, 2.24) is 10.2 Å². The number of ether oxygens (including phenoxy) is 1. The molecule has 0 unspecified atom stereocenters. The van der Waals surface area contributed by atoms with E-state index in [9.17, 15) is 13.6 Å². The van der Waals surface area contributed by atoms with Gasteiger partial charge in [0.2, 0.25) is 5.91 Å². The number of halogens is 2. The first-order chi connectivity index (χ1) is 8.49. The van der Waals surface area contributed by atoms with Crippen molar-refractivity contribution in [3.05, 3.63) is 29.8 Å². The van der Waals surface area contributed by atoms with E-state index in [1.54, 1.807) is 26.2 Å². The summed E-state index contributed by atoms with van der Waals surface area (Å²) in [6.07, 6.45) is 0. The van der Waals surface area contributed by atoms with Gasteiger partial charge in [-0.2, -0.15) is 8.78 Å². The lowest BCUT2D eigenvalue weighted by molar-refractivity contribution is -0.127. The molecule has 1 amide bonds. The second-order valence-corrected chi connectivity index (χ2v) is 3.91. The molecule has 0 aliphatic heterocycles. The molecule has 0 aliphatic rings. The van der Waals surface area contributed by atoms with E-state index < -0.39 is 6.61 Å². The molecule has 0 heterocycles. The highest BCUT2D eigenvalue weighted by Crippen LogP contribution is 2.14. The molecule has 0 bridgehead atoms. The SMILES string of the molecule is CN(C)C(=O)CNCc1ccc(OC(F)F)cc1. The second kappa shape index (κ2) is 6.90. The van der Waals surface area contributed by atoms with E-state index in [0.29, 0.717) is 6.54 Å². The molecule has 100 valence electrons. The number of rotatable bonds is 6. The molecule has 0 spiro atoms. The van der Waals surface area contributed by atoms with Gasteiger partial charge in [0.05, 0.1) is 6.54 Å². The van der Waals surface area contributed by atoms with Crippen molar-refractivity contribution in [2.24, 2.45) is 0 Å². The van der Waals surface area contributed by atoms with E-state index in [1.165, 1.54) is 17.0 Å². The minimum atomic E-state index is -2.81. The Hall–Kier alpha value is -1.69. The minimum absolute atomic E-state index is 0.0207. The zero-order valence-electron chi connectivity index (χ0n) is 10.3. The summed E-state index contributed by atoms with van der Waals surface area (Å²) in [7, 11) is 3.36. The van der Waals surface area contributed by atoms with Crippen LogP contribution in [-0.4, -0.2) is 38.1 Å². The summed E-state index contributed by atoms with van der Waals surface area (Å²) in [5.74, 6) is 0.103. The van der Waals surface area contributed by atoms with Crippen molar-refractivity contribution >= 4 is 5.91 Å². The van der Waals surface area contributed by atoms with Crippen LogP contribution in [0.5, 0.6) is 5.75 Å². The van der Waals surface area contributed by atoms with Crippen molar-refractivity contribution in [3.8, 4) is 5.75 Å². The molecular formula is C12H16F2N2O2. The Labute approximate surface area is 105 Å². The van der Waals surface area contributed by atoms with Crippen LogP contribution in [-0.2, 0) is 11.3 Å². The first-order valence-corrected chi connectivity index (χ1v) is 5.43. The largest absolute Gasteiger partial charge is 0.435 e. The van der Waals surface area contributed by atoms with Gasteiger partial charge in [0, 0.05) is 20.6 Å². The Morgan fingerprint density at radius 1 is 1.33 bits per heavy atom. The highest BCUT2D eigenvalue weighted by atomic mass is 19.3. The number of nitrogens with zero attached hydrogens (tertiary/aromatic N) is 1. The number of alkyl halides is 2. The van der Waals surface area contributed by atoms with Crippen LogP contribution >= 0.6 is 0 Å². The highest BCUT2D eigenvalue weighted by molar-refractivity contribution is 5.77. The Bertz CT molecular complexity index is 380. The van der Waals surface area contributed by atoms with E-state index in [4.69, 9.17) is 0 Å². The number of hydrogen-bond acceptors (Lipinski definition) is 3. The summed E-state index contributed by atoms with van der Waals surface area (Å²) in [6.45, 7) is -2.08. The summed E-state index contributed by atoms with van der Waals surface area (Å²) in [4.78, 5) is 12.8. The van der Waals surface area contributed by atoms with Gasteiger partial charge < -0.3 is 15.0 Å². The summed E-state index contributed by atoms with van der Waals surface area (Å²) in [5, 5.41) is 2.96. The van der Waals surface area contributed by atoms with Crippen LogP contribution in [0.4, 0.5) is 8.78 Å². The van der Waals surface area contributed by atoms with Gasteiger partial charge >= 0.3 is 6.61 Å². The smallest absolute Gasteiger partial charge is 0.387 e.